The molecule has 0 aliphatic carbocycles. The topological polar surface area (TPSA) is 70.5 Å². The van der Waals surface area contributed by atoms with Crippen LogP contribution in [0.3, 0.4) is 0 Å². The third kappa shape index (κ3) is 3.53. The number of hydrogen-bond acceptors (Lipinski definition) is 4. The predicted octanol–water partition coefficient (Wildman–Crippen LogP) is 4.40. The standard InChI is InChI=1S/C22H16Cl2N2O3/c23-15-9-8-14(17(24)11-15)13-26-19-7-2-1-5-16(19)22(29,21(26)28)12-20(27)18-6-3-4-10-25-18/h1-11,29H,12-13H2/t22-/m1/s1. The van der Waals surface area contributed by atoms with E-state index in [9.17, 15) is 14.7 Å². The third-order valence-corrected chi connectivity index (χ3v) is 5.54. The van der Waals surface area contributed by atoms with Crippen molar-refractivity contribution in [3.8, 4) is 0 Å². The molecule has 0 saturated carbocycles. The number of rotatable bonds is 5. The van der Waals surface area contributed by atoms with Crippen LogP contribution < -0.4 is 4.90 Å². The van der Waals surface area contributed by atoms with Crippen LogP contribution in [-0.2, 0) is 16.9 Å². The number of aliphatic hydroxyl groups is 1. The highest BCUT2D eigenvalue weighted by Crippen LogP contribution is 2.43. The quantitative estimate of drug-likeness (QED) is 0.613. The second-order valence-electron chi connectivity index (χ2n) is 6.82. The molecule has 146 valence electrons. The number of carbonyl (C=O) groups is 2. The molecule has 1 aliphatic rings. The Morgan fingerprint density at radius 2 is 1.83 bits per heavy atom. The fourth-order valence-electron chi connectivity index (χ4n) is 3.51. The zero-order valence-corrected chi connectivity index (χ0v) is 16.7. The van der Waals surface area contributed by atoms with Gasteiger partial charge in [0, 0.05) is 21.8 Å². The number of benzene rings is 2. The molecular weight excluding hydrogens is 411 g/mol. The minimum Gasteiger partial charge on any atom is -0.375 e. The van der Waals surface area contributed by atoms with Crippen LogP contribution in [-0.4, -0.2) is 21.8 Å². The number of Topliss-reactive ketones (excluding diaryl/α,β-unsaturated/α-hetero) is 1. The van der Waals surface area contributed by atoms with E-state index in [4.69, 9.17) is 23.2 Å². The fourth-order valence-corrected chi connectivity index (χ4v) is 3.97. The summed E-state index contributed by atoms with van der Waals surface area (Å²) in [6.07, 6.45) is 1.10. The van der Waals surface area contributed by atoms with Gasteiger partial charge < -0.3 is 10.0 Å². The Bertz CT molecular complexity index is 1100. The zero-order valence-electron chi connectivity index (χ0n) is 15.2. The molecule has 2 heterocycles. The maximum absolute atomic E-state index is 13.3. The maximum atomic E-state index is 13.3. The number of amides is 1. The molecule has 1 aliphatic heterocycles. The summed E-state index contributed by atoms with van der Waals surface area (Å²) in [6.45, 7) is 0.145. The first kappa shape index (κ1) is 19.6. The van der Waals surface area contributed by atoms with Crippen molar-refractivity contribution in [3.05, 3.63) is 93.7 Å². The van der Waals surface area contributed by atoms with Crippen molar-refractivity contribution in [2.75, 3.05) is 4.90 Å². The van der Waals surface area contributed by atoms with E-state index < -0.39 is 23.7 Å². The van der Waals surface area contributed by atoms with Crippen molar-refractivity contribution >= 4 is 40.6 Å². The van der Waals surface area contributed by atoms with Crippen LogP contribution >= 0.6 is 23.2 Å². The molecule has 0 unspecified atom stereocenters. The van der Waals surface area contributed by atoms with Gasteiger partial charge in [0.25, 0.3) is 5.91 Å². The first-order chi connectivity index (χ1) is 13.9. The van der Waals surface area contributed by atoms with Gasteiger partial charge in [0.1, 0.15) is 5.69 Å². The summed E-state index contributed by atoms with van der Waals surface area (Å²) in [6, 6.07) is 16.8. The zero-order chi connectivity index (χ0) is 20.6. The Hall–Kier alpha value is -2.73. The van der Waals surface area contributed by atoms with Crippen molar-refractivity contribution in [3.63, 3.8) is 0 Å². The summed E-state index contributed by atoms with van der Waals surface area (Å²) in [5.74, 6) is -0.989. The fraction of sp³-hybridized carbons (Fsp3) is 0.136. The van der Waals surface area contributed by atoms with Crippen LogP contribution in [0, 0.1) is 0 Å². The van der Waals surface area contributed by atoms with Crippen LogP contribution in [0.2, 0.25) is 10.0 Å². The van der Waals surface area contributed by atoms with Gasteiger partial charge in [0.15, 0.2) is 11.4 Å². The number of hydrogen-bond donors (Lipinski definition) is 1. The number of para-hydroxylation sites is 1. The monoisotopic (exact) mass is 426 g/mol. The van der Waals surface area contributed by atoms with E-state index in [-0.39, 0.29) is 12.2 Å². The third-order valence-electron chi connectivity index (χ3n) is 4.95. The van der Waals surface area contributed by atoms with Crippen molar-refractivity contribution in [2.24, 2.45) is 0 Å². The Balaban J connectivity index is 1.69. The molecule has 3 aromatic rings. The molecule has 7 heteroatoms. The molecule has 1 amide bonds. The summed E-state index contributed by atoms with van der Waals surface area (Å²) in [7, 11) is 0. The number of pyridine rings is 1. The van der Waals surface area contributed by atoms with E-state index in [1.807, 2.05) is 0 Å². The highest BCUT2D eigenvalue weighted by Gasteiger charge is 2.51. The van der Waals surface area contributed by atoms with Crippen LogP contribution in [0.4, 0.5) is 5.69 Å². The lowest BCUT2D eigenvalue weighted by Gasteiger charge is -2.23. The minimum absolute atomic E-state index is 0.145. The van der Waals surface area contributed by atoms with E-state index in [0.29, 0.717) is 26.9 Å². The largest absolute Gasteiger partial charge is 0.375 e. The number of halogens is 2. The van der Waals surface area contributed by atoms with Gasteiger partial charge >= 0.3 is 0 Å². The average Bonchev–Trinajstić information content (AvgIpc) is 2.92. The first-order valence-corrected chi connectivity index (χ1v) is 9.68. The summed E-state index contributed by atoms with van der Waals surface area (Å²) in [5.41, 5.74) is -0.159. The molecule has 0 fully saturated rings. The van der Waals surface area contributed by atoms with Gasteiger partial charge in [-0.1, -0.05) is 53.5 Å². The van der Waals surface area contributed by atoms with E-state index in [2.05, 4.69) is 4.98 Å². The summed E-state index contributed by atoms with van der Waals surface area (Å²) in [5, 5.41) is 12.2. The minimum atomic E-state index is -1.97. The first-order valence-electron chi connectivity index (χ1n) is 8.92. The molecule has 1 N–H and O–H groups in total. The van der Waals surface area contributed by atoms with Crippen LogP contribution in [0.15, 0.2) is 66.9 Å². The van der Waals surface area contributed by atoms with Crippen LogP contribution in [0.5, 0.6) is 0 Å². The van der Waals surface area contributed by atoms with Crippen LogP contribution in [0.1, 0.15) is 28.0 Å². The van der Waals surface area contributed by atoms with Crippen molar-refractivity contribution in [1.82, 2.24) is 4.98 Å². The Kier molecular flexibility index (Phi) is 5.13. The molecule has 5 nitrogen and oxygen atoms in total. The summed E-state index contributed by atoms with van der Waals surface area (Å²) < 4.78 is 0. The highest BCUT2D eigenvalue weighted by atomic mass is 35.5. The van der Waals surface area contributed by atoms with Gasteiger partial charge in [-0.05, 0) is 35.9 Å². The molecule has 2 aromatic carbocycles. The maximum Gasteiger partial charge on any atom is 0.264 e. The van der Waals surface area contributed by atoms with E-state index in [0.717, 1.165) is 0 Å². The molecule has 0 bridgehead atoms. The average molecular weight is 427 g/mol. The lowest BCUT2D eigenvalue weighted by Crippen LogP contribution is -2.41. The highest BCUT2D eigenvalue weighted by molar-refractivity contribution is 6.35. The Morgan fingerprint density at radius 1 is 1.07 bits per heavy atom. The van der Waals surface area contributed by atoms with Crippen molar-refractivity contribution in [2.45, 2.75) is 18.6 Å². The Morgan fingerprint density at radius 3 is 2.55 bits per heavy atom. The smallest absolute Gasteiger partial charge is 0.264 e. The van der Waals surface area contributed by atoms with Crippen molar-refractivity contribution in [1.29, 1.82) is 0 Å². The molecule has 29 heavy (non-hydrogen) atoms. The number of carbonyl (C=O) groups excluding carboxylic acids is 2. The van der Waals surface area contributed by atoms with Crippen molar-refractivity contribution < 1.29 is 14.7 Å². The number of nitrogens with zero attached hydrogens (tertiary/aromatic N) is 2. The molecule has 1 aromatic heterocycles. The molecule has 4 rings (SSSR count). The van der Waals surface area contributed by atoms with Gasteiger partial charge in [-0.3, -0.25) is 14.6 Å². The lowest BCUT2D eigenvalue weighted by atomic mass is 9.89. The van der Waals surface area contributed by atoms with E-state index >= 15 is 0 Å². The number of anilines is 1. The molecule has 0 radical (unpaired) electrons. The molecule has 1 atom stereocenters. The molecular formula is C22H16Cl2N2O3. The molecule has 0 saturated heterocycles. The molecule has 0 spiro atoms. The van der Waals surface area contributed by atoms with E-state index in [1.54, 1.807) is 60.7 Å². The summed E-state index contributed by atoms with van der Waals surface area (Å²) >= 11 is 12.2. The second-order valence-corrected chi connectivity index (χ2v) is 7.66. The predicted molar refractivity (Wildman–Crippen MR) is 111 cm³/mol. The number of aromatic nitrogens is 1. The Labute approximate surface area is 177 Å². The second kappa shape index (κ2) is 7.59. The van der Waals surface area contributed by atoms with Gasteiger partial charge in [0.05, 0.1) is 18.7 Å². The normalized spacial score (nSPS) is 18.0. The van der Waals surface area contributed by atoms with Gasteiger partial charge in [-0.25, -0.2) is 0 Å². The number of fused-ring (bicyclic) bond motifs is 1. The van der Waals surface area contributed by atoms with Gasteiger partial charge in [-0.15, -0.1) is 0 Å². The summed E-state index contributed by atoms with van der Waals surface area (Å²) in [4.78, 5) is 31.4. The SMILES string of the molecule is O=C(C[C@]1(O)C(=O)N(Cc2ccc(Cl)cc2Cl)c2ccccc21)c1ccccn1. The van der Waals surface area contributed by atoms with Crippen LogP contribution in [0.25, 0.3) is 0 Å². The van der Waals surface area contributed by atoms with Gasteiger partial charge in [-0.2, -0.15) is 0 Å². The number of ketones is 1. The van der Waals surface area contributed by atoms with Gasteiger partial charge in [0.2, 0.25) is 0 Å². The van der Waals surface area contributed by atoms with E-state index in [1.165, 1.54) is 11.1 Å². The lowest BCUT2D eigenvalue weighted by molar-refractivity contribution is -0.136.